The second-order valence-electron chi connectivity index (χ2n) is 4.59. The Bertz CT molecular complexity index is 432. The van der Waals surface area contributed by atoms with Gasteiger partial charge in [-0.2, -0.15) is 0 Å². The lowest BCUT2D eigenvalue weighted by Gasteiger charge is -2.11. The van der Waals surface area contributed by atoms with Crippen molar-refractivity contribution in [3.05, 3.63) is 34.1 Å². The van der Waals surface area contributed by atoms with Crippen LogP contribution in [0.2, 0.25) is 0 Å². The fourth-order valence-corrected chi connectivity index (χ4v) is 2.12. The summed E-state index contributed by atoms with van der Waals surface area (Å²) in [6, 6.07) is 5.06. The molecule has 1 rings (SSSR count). The summed E-state index contributed by atoms with van der Waals surface area (Å²) in [5.41, 5.74) is 0.681. The molecule has 1 amide bonds. The van der Waals surface area contributed by atoms with Gasteiger partial charge in [-0.05, 0) is 37.6 Å². The van der Waals surface area contributed by atoms with Gasteiger partial charge in [0.25, 0.3) is 0 Å². The predicted octanol–water partition coefficient (Wildman–Crippen LogP) is 2.91. The van der Waals surface area contributed by atoms with Crippen LogP contribution in [-0.2, 0) is 11.2 Å². The zero-order valence-corrected chi connectivity index (χ0v) is 14.1. The number of aryl methyl sites for hydroxylation is 1. The van der Waals surface area contributed by atoms with Gasteiger partial charge in [-0.3, -0.25) is 4.79 Å². The first-order valence-corrected chi connectivity index (χ1v) is 7.20. The number of hydrogen-bond acceptors (Lipinski definition) is 2. The minimum absolute atomic E-state index is 0. The van der Waals surface area contributed by atoms with Gasteiger partial charge in [-0.1, -0.05) is 28.9 Å². The van der Waals surface area contributed by atoms with Gasteiger partial charge in [-0.25, -0.2) is 4.39 Å². The molecule has 1 atom stereocenters. The van der Waals surface area contributed by atoms with Gasteiger partial charge in [0, 0.05) is 23.5 Å². The summed E-state index contributed by atoms with van der Waals surface area (Å²) >= 11 is 3.22. The summed E-state index contributed by atoms with van der Waals surface area (Å²) in [5, 5.41) is 5.82. The summed E-state index contributed by atoms with van der Waals surface area (Å²) < 4.78 is 14.3. The van der Waals surface area contributed by atoms with Crippen molar-refractivity contribution in [1.82, 2.24) is 10.6 Å². The lowest BCUT2D eigenvalue weighted by Crippen LogP contribution is -2.34. The Morgan fingerprint density at radius 1 is 1.45 bits per heavy atom. The van der Waals surface area contributed by atoms with Crippen LogP contribution < -0.4 is 10.6 Å². The highest BCUT2D eigenvalue weighted by molar-refractivity contribution is 9.10. The molecule has 20 heavy (non-hydrogen) atoms. The molecule has 0 aromatic heterocycles. The van der Waals surface area contributed by atoms with E-state index in [2.05, 4.69) is 26.6 Å². The molecule has 1 aromatic rings. The molecule has 0 aliphatic heterocycles. The third-order valence-electron chi connectivity index (χ3n) is 2.90. The minimum atomic E-state index is -0.204. The van der Waals surface area contributed by atoms with Gasteiger partial charge < -0.3 is 10.6 Å². The average molecular weight is 368 g/mol. The molecular weight excluding hydrogens is 347 g/mol. The molecule has 0 saturated heterocycles. The van der Waals surface area contributed by atoms with Crippen molar-refractivity contribution in [2.24, 2.45) is 5.92 Å². The fraction of sp³-hybridized carbons (Fsp3) is 0.500. The molecule has 114 valence electrons. The van der Waals surface area contributed by atoms with Crippen molar-refractivity contribution in [3.8, 4) is 0 Å². The molecule has 1 aromatic carbocycles. The van der Waals surface area contributed by atoms with Crippen LogP contribution >= 0.6 is 28.3 Å². The molecule has 0 aliphatic carbocycles. The lowest BCUT2D eigenvalue weighted by atomic mass is 10.1. The highest BCUT2D eigenvalue weighted by Gasteiger charge is 2.10. The zero-order valence-electron chi connectivity index (χ0n) is 11.7. The topological polar surface area (TPSA) is 41.1 Å². The van der Waals surface area contributed by atoms with Crippen LogP contribution in [0.1, 0.15) is 18.9 Å². The summed E-state index contributed by atoms with van der Waals surface area (Å²) in [4.78, 5) is 11.6. The number of hydrogen-bond donors (Lipinski definition) is 2. The standard InChI is InChI=1S/C14H20BrFN2O.ClH/c1-10(9-17-2)14(19)18-7-3-4-11-5-6-12(15)8-13(11)16;/h5-6,8,10,17H,3-4,7,9H2,1-2H3,(H,18,19);1H. The maximum Gasteiger partial charge on any atom is 0.224 e. The van der Waals surface area contributed by atoms with E-state index in [1.54, 1.807) is 6.07 Å². The Balaban J connectivity index is 0.00000361. The Morgan fingerprint density at radius 2 is 2.15 bits per heavy atom. The number of rotatable bonds is 7. The normalized spacial score (nSPS) is 11.6. The van der Waals surface area contributed by atoms with Gasteiger partial charge in [0.15, 0.2) is 0 Å². The summed E-state index contributed by atoms with van der Waals surface area (Å²) in [6.45, 7) is 3.11. The predicted molar refractivity (Wildman–Crippen MR) is 85.8 cm³/mol. The van der Waals surface area contributed by atoms with E-state index >= 15 is 0 Å². The average Bonchev–Trinajstić information content (AvgIpc) is 2.36. The van der Waals surface area contributed by atoms with Crippen LogP contribution in [0.5, 0.6) is 0 Å². The van der Waals surface area contributed by atoms with Gasteiger partial charge in [0.05, 0.1) is 0 Å². The molecule has 0 saturated carbocycles. The minimum Gasteiger partial charge on any atom is -0.356 e. The van der Waals surface area contributed by atoms with E-state index in [-0.39, 0.29) is 30.0 Å². The second kappa shape index (κ2) is 10.1. The van der Waals surface area contributed by atoms with Gasteiger partial charge in [0.1, 0.15) is 5.82 Å². The van der Waals surface area contributed by atoms with Crippen molar-refractivity contribution < 1.29 is 9.18 Å². The van der Waals surface area contributed by atoms with Crippen molar-refractivity contribution >= 4 is 34.2 Å². The van der Waals surface area contributed by atoms with E-state index in [1.807, 2.05) is 20.0 Å². The summed E-state index contributed by atoms with van der Waals surface area (Å²) in [5.74, 6) is -0.218. The number of carbonyl (C=O) groups is 1. The molecule has 6 heteroatoms. The lowest BCUT2D eigenvalue weighted by molar-refractivity contribution is -0.124. The van der Waals surface area contributed by atoms with Crippen molar-refractivity contribution in [3.63, 3.8) is 0 Å². The second-order valence-corrected chi connectivity index (χ2v) is 5.50. The SMILES string of the molecule is CNCC(C)C(=O)NCCCc1ccc(Br)cc1F.Cl. The Kier molecular flexibility index (Phi) is 9.80. The van der Waals surface area contributed by atoms with Crippen LogP contribution in [0.3, 0.4) is 0 Å². The number of benzene rings is 1. The molecule has 0 fully saturated rings. The molecule has 1 unspecified atom stereocenters. The Morgan fingerprint density at radius 3 is 2.75 bits per heavy atom. The quantitative estimate of drug-likeness (QED) is 0.728. The zero-order chi connectivity index (χ0) is 14.3. The van der Waals surface area contributed by atoms with E-state index in [1.165, 1.54) is 6.07 Å². The molecule has 3 nitrogen and oxygen atoms in total. The van der Waals surface area contributed by atoms with E-state index in [9.17, 15) is 9.18 Å². The largest absolute Gasteiger partial charge is 0.356 e. The Hall–Kier alpha value is -0.650. The maximum atomic E-state index is 13.5. The van der Waals surface area contributed by atoms with Gasteiger partial charge >= 0.3 is 0 Å². The molecule has 0 radical (unpaired) electrons. The first kappa shape index (κ1) is 19.4. The number of carbonyl (C=O) groups excluding carboxylic acids is 1. The van der Waals surface area contributed by atoms with E-state index in [0.717, 1.165) is 10.9 Å². The van der Waals surface area contributed by atoms with Gasteiger partial charge in [0.2, 0.25) is 5.91 Å². The van der Waals surface area contributed by atoms with Crippen molar-refractivity contribution in [1.29, 1.82) is 0 Å². The van der Waals surface area contributed by atoms with E-state index in [4.69, 9.17) is 0 Å². The monoisotopic (exact) mass is 366 g/mol. The first-order valence-electron chi connectivity index (χ1n) is 6.41. The third kappa shape index (κ3) is 6.68. The number of halogens is 3. The summed E-state index contributed by atoms with van der Waals surface area (Å²) in [7, 11) is 1.82. The van der Waals surface area contributed by atoms with Crippen LogP contribution in [0.25, 0.3) is 0 Å². The first-order chi connectivity index (χ1) is 9.04. The van der Waals surface area contributed by atoms with Gasteiger partial charge in [-0.15, -0.1) is 12.4 Å². The molecule has 2 N–H and O–H groups in total. The summed E-state index contributed by atoms with van der Waals surface area (Å²) in [6.07, 6.45) is 1.36. The smallest absolute Gasteiger partial charge is 0.224 e. The Labute approximate surface area is 134 Å². The third-order valence-corrected chi connectivity index (χ3v) is 3.39. The molecule has 0 heterocycles. The molecule has 0 aliphatic rings. The van der Waals surface area contributed by atoms with Crippen LogP contribution in [-0.4, -0.2) is 26.0 Å². The molecule has 0 bridgehead atoms. The number of nitrogens with one attached hydrogen (secondary N) is 2. The van der Waals surface area contributed by atoms with Crippen molar-refractivity contribution in [2.75, 3.05) is 20.1 Å². The van der Waals surface area contributed by atoms with E-state index in [0.29, 0.717) is 25.1 Å². The molecule has 0 spiro atoms. The highest BCUT2D eigenvalue weighted by atomic mass is 79.9. The maximum absolute atomic E-state index is 13.5. The fourth-order valence-electron chi connectivity index (χ4n) is 1.79. The van der Waals surface area contributed by atoms with Crippen molar-refractivity contribution in [2.45, 2.75) is 19.8 Å². The van der Waals surface area contributed by atoms with Crippen LogP contribution in [0, 0.1) is 11.7 Å². The van der Waals surface area contributed by atoms with Crippen LogP contribution in [0.15, 0.2) is 22.7 Å². The highest BCUT2D eigenvalue weighted by Crippen LogP contribution is 2.16. The van der Waals surface area contributed by atoms with Crippen LogP contribution in [0.4, 0.5) is 4.39 Å². The number of amides is 1. The van der Waals surface area contributed by atoms with E-state index < -0.39 is 0 Å². The molecular formula is C14H21BrClFN2O.